The molecule has 0 radical (unpaired) electrons. The van der Waals surface area contributed by atoms with Gasteiger partial charge in [0.25, 0.3) is 0 Å². The topological polar surface area (TPSA) is 47.4 Å². The number of fused-ring (bicyclic) bond motifs is 3. The lowest BCUT2D eigenvalue weighted by molar-refractivity contribution is -0.0980. The van der Waals surface area contributed by atoms with Gasteiger partial charge in [0, 0.05) is 35.1 Å². The van der Waals surface area contributed by atoms with Crippen LogP contribution in [0.4, 0.5) is 13.2 Å². The Bertz CT molecular complexity index is 1180. The normalized spacial score (nSPS) is 20.9. The van der Waals surface area contributed by atoms with Crippen molar-refractivity contribution in [2.24, 2.45) is 0 Å². The molecule has 3 heterocycles. The number of carbonyl (C=O) groups is 1. The summed E-state index contributed by atoms with van der Waals surface area (Å²) in [6.45, 7) is 6.26. The summed E-state index contributed by atoms with van der Waals surface area (Å²) in [5.41, 5.74) is 1.20. The van der Waals surface area contributed by atoms with Crippen LogP contribution in [0.15, 0.2) is 34.9 Å². The molecule has 2 aliphatic rings. The minimum absolute atomic E-state index is 0.0502. The minimum atomic E-state index is -1.51. The molecule has 0 amide bonds. The third kappa shape index (κ3) is 5.17. The molecular weight excluding hydrogens is 523 g/mol. The highest BCUT2D eigenvalue weighted by Gasteiger charge is 2.37. The van der Waals surface area contributed by atoms with Crippen molar-refractivity contribution in [3.8, 4) is 0 Å². The number of halogens is 4. The van der Waals surface area contributed by atoms with Crippen molar-refractivity contribution in [3.63, 3.8) is 0 Å². The molecule has 1 aromatic heterocycles. The van der Waals surface area contributed by atoms with Gasteiger partial charge in [0.2, 0.25) is 0 Å². The highest BCUT2D eigenvalue weighted by Crippen LogP contribution is 2.42. The molecule has 0 aliphatic carbocycles. The molecule has 5 nitrogen and oxygen atoms in total. The van der Waals surface area contributed by atoms with E-state index in [0.717, 1.165) is 47.9 Å². The lowest BCUT2D eigenvalue weighted by Crippen LogP contribution is -2.43. The van der Waals surface area contributed by atoms with E-state index in [2.05, 4.69) is 21.0 Å². The average Bonchev–Trinajstić information content (AvgIpc) is 3.25. The van der Waals surface area contributed by atoms with Crippen LogP contribution in [0.2, 0.25) is 0 Å². The van der Waals surface area contributed by atoms with E-state index >= 15 is 8.78 Å². The maximum atomic E-state index is 15.1. The maximum Gasteiger partial charge on any atom is 0.150 e. The van der Waals surface area contributed by atoms with Gasteiger partial charge in [0.05, 0.1) is 17.8 Å². The van der Waals surface area contributed by atoms with Gasteiger partial charge in [-0.3, -0.25) is 4.90 Å². The predicted octanol–water partition coefficient (Wildman–Crippen LogP) is 6.29. The van der Waals surface area contributed by atoms with Crippen molar-refractivity contribution in [1.29, 1.82) is 0 Å². The molecule has 2 atom stereocenters. The summed E-state index contributed by atoms with van der Waals surface area (Å²) in [7, 11) is 0. The largest absolute Gasteiger partial charge is 0.356 e. The summed E-state index contributed by atoms with van der Waals surface area (Å²) >= 11 is 3.16. The molecule has 1 fully saturated rings. The number of aromatic nitrogens is 2. The Labute approximate surface area is 211 Å². The number of benzene rings is 2. The van der Waals surface area contributed by atoms with Gasteiger partial charge in [0.1, 0.15) is 24.1 Å². The molecule has 188 valence electrons. The van der Waals surface area contributed by atoms with Crippen molar-refractivity contribution in [2.75, 3.05) is 19.7 Å². The molecule has 2 unspecified atom stereocenters. The van der Waals surface area contributed by atoms with Gasteiger partial charge in [-0.15, -0.1) is 0 Å². The Kier molecular flexibility index (Phi) is 7.68. The number of ether oxygens (including phenoxy) is 1. The molecule has 0 spiro atoms. The highest BCUT2D eigenvalue weighted by atomic mass is 79.9. The zero-order chi connectivity index (χ0) is 25.3. The van der Waals surface area contributed by atoms with Crippen LogP contribution < -0.4 is 0 Å². The van der Waals surface area contributed by atoms with Gasteiger partial charge in [-0.05, 0) is 68.9 Å². The number of hydrogen-bond acceptors (Lipinski definition) is 4. The van der Waals surface area contributed by atoms with Crippen molar-refractivity contribution < 1.29 is 22.7 Å². The molecule has 1 saturated heterocycles. The molecule has 9 heteroatoms. The van der Waals surface area contributed by atoms with Crippen molar-refractivity contribution in [1.82, 2.24) is 14.7 Å². The summed E-state index contributed by atoms with van der Waals surface area (Å²) in [5.74, 6) is -1.29. The third-order valence-corrected chi connectivity index (χ3v) is 7.02. The Morgan fingerprint density at radius 3 is 2.54 bits per heavy atom. The average molecular weight is 552 g/mol. The van der Waals surface area contributed by atoms with Crippen molar-refractivity contribution in [2.45, 2.75) is 57.5 Å². The molecule has 0 saturated carbocycles. The van der Waals surface area contributed by atoms with E-state index in [1.54, 1.807) is 0 Å². The summed E-state index contributed by atoms with van der Waals surface area (Å²) < 4.78 is 53.1. The summed E-state index contributed by atoms with van der Waals surface area (Å²) in [6, 6.07) is 5.67. The molecule has 35 heavy (non-hydrogen) atoms. The van der Waals surface area contributed by atoms with Crippen LogP contribution in [-0.4, -0.2) is 46.8 Å². The fourth-order valence-corrected chi connectivity index (χ4v) is 5.67. The Morgan fingerprint density at radius 2 is 1.91 bits per heavy atom. The second kappa shape index (κ2) is 10.4. The molecule has 5 rings (SSSR count). The lowest BCUT2D eigenvalue weighted by Gasteiger charge is -2.40. The van der Waals surface area contributed by atoms with Crippen LogP contribution in [0.25, 0.3) is 10.9 Å². The Balaban J connectivity index is 0.00000141. The number of hydrogen-bond donors (Lipinski definition) is 0. The Hall–Kier alpha value is -2.23. The van der Waals surface area contributed by atoms with E-state index in [-0.39, 0.29) is 18.3 Å². The van der Waals surface area contributed by atoms with E-state index in [0.29, 0.717) is 17.4 Å². The van der Waals surface area contributed by atoms with Gasteiger partial charge < -0.3 is 9.53 Å². The summed E-state index contributed by atoms with van der Waals surface area (Å²) in [5, 5.41) is 5.58. The SMILES string of the molecule is C=O.CC(C)(F)CN1CCc2c(ccc3c2cnn3C2CCCCO2)C1c1c(F)cc(Br)cc1F. The number of carbonyl (C=O) groups excluding carboxylic acids is 1. The summed E-state index contributed by atoms with van der Waals surface area (Å²) in [4.78, 5) is 9.85. The molecule has 0 N–H and O–H groups in total. The first-order chi connectivity index (χ1) is 16.7. The standard InChI is InChI=1S/C25H27BrF3N3O.CH2O/c1-25(2,29)14-31-9-8-16-17(24(31)23-19(27)11-15(26)12-20(23)28)6-7-21-18(16)13-30-32(21)22-5-3-4-10-33-22;1-2/h6-7,11-13,22,24H,3-5,8-10,14H2,1-2H3;1H2. The van der Waals surface area contributed by atoms with E-state index in [1.165, 1.54) is 26.0 Å². The van der Waals surface area contributed by atoms with Crippen LogP contribution in [0, 0.1) is 11.6 Å². The van der Waals surface area contributed by atoms with Gasteiger partial charge in [-0.2, -0.15) is 5.10 Å². The van der Waals surface area contributed by atoms with Gasteiger partial charge in [-0.1, -0.05) is 22.0 Å². The number of nitrogens with zero attached hydrogens (tertiary/aromatic N) is 3. The van der Waals surface area contributed by atoms with E-state index in [1.807, 2.05) is 34.7 Å². The summed E-state index contributed by atoms with van der Waals surface area (Å²) in [6.07, 6.45) is 5.43. The first-order valence-electron chi connectivity index (χ1n) is 11.7. The fourth-order valence-electron chi connectivity index (χ4n) is 5.26. The second-order valence-electron chi connectivity index (χ2n) is 9.60. The Morgan fingerprint density at radius 1 is 1.20 bits per heavy atom. The molecule has 3 aromatic rings. The smallest absolute Gasteiger partial charge is 0.150 e. The first kappa shape index (κ1) is 25.9. The third-order valence-electron chi connectivity index (χ3n) is 6.56. The predicted molar refractivity (Wildman–Crippen MR) is 132 cm³/mol. The van der Waals surface area contributed by atoms with E-state index < -0.39 is 23.3 Å². The number of rotatable bonds is 4. The zero-order valence-corrected chi connectivity index (χ0v) is 21.5. The lowest BCUT2D eigenvalue weighted by atomic mass is 9.85. The minimum Gasteiger partial charge on any atom is -0.356 e. The molecular formula is C26H29BrF3N3O2. The van der Waals surface area contributed by atoms with Gasteiger partial charge in [-0.25, -0.2) is 17.9 Å². The molecule has 2 aromatic carbocycles. The first-order valence-corrected chi connectivity index (χ1v) is 12.5. The quantitative estimate of drug-likeness (QED) is 0.382. The van der Waals surface area contributed by atoms with Crippen LogP contribution in [0.1, 0.15) is 62.1 Å². The van der Waals surface area contributed by atoms with E-state index in [4.69, 9.17) is 9.53 Å². The molecule has 0 bridgehead atoms. The van der Waals surface area contributed by atoms with Crippen LogP contribution in [-0.2, 0) is 16.0 Å². The van der Waals surface area contributed by atoms with Crippen LogP contribution in [0.3, 0.4) is 0 Å². The van der Waals surface area contributed by atoms with Gasteiger partial charge >= 0.3 is 0 Å². The molecule has 2 aliphatic heterocycles. The zero-order valence-electron chi connectivity index (χ0n) is 19.9. The second-order valence-corrected chi connectivity index (χ2v) is 10.5. The van der Waals surface area contributed by atoms with Crippen molar-refractivity contribution >= 4 is 33.6 Å². The van der Waals surface area contributed by atoms with Crippen LogP contribution >= 0.6 is 15.9 Å². The van der Waals surface area contributed by atoms with Crippen LogP contribution in [0.5, 0.6) is 0 Å². The highest BCUT2D eigenvalue weighted by molar-refractivity contribution is 9.10. The van der Waals surface area contributed by atoms with E-state index in [9.17, 15) is 4.39 Å². The monoisotopic (exact) mass is 551 g/mol. The fraction of sp³-hybridized carbons (Fsp3) is 0.462. The van der Waals surface area contributed by atoms with Gasteiger partial charge in [0.15, 0.2) is 6.23 Å². The van der Waals surface area contributed by atoms with Crippen molar-refractivity contribution in [3.05, 3.63) is 63.3 Å². The maximum absolute atomic E-state index is 15.1. The number of alkyl halides is 1.